The highest BCUT2D eigenvalue weighted by Crippen LogP contribution is 2.44. The van der Waals surface area contributed by atoms with E-state index in [9.17, 15) is 9.90 Å². The molecule has 650 valence electrons. The number of rotatable bonds is 57. The number of hydrogen-bond acceptors (Lipinski definition) is 9. The number of carboxylic acids is 1. The lowest BCUT2D eigenvalue weighted by molar-refractivity contribution is -0.388. The summed E-state index contributed by atoms with van der Waals surface area (Å²) in [4.78, 5) is 37.0. The normalized spacial score (nSPS) is 15.2. The van der Waals surface area contributed by atoms with Crippen molar-refractivity contribution >= 4 is 51.1 Å². The summed E-state index contributed by atoms with van der Waals surface area (Å²) in [5, 5.41) is 10.4. The van der Waals surface area contributed by atoms with Crippen molar-refractivity contribution in [2.45, 2.75) is 298 Å². The number of nitrogens with one attached hydrogen (secondary N) is 2. The summed E-state index contributed by atoms with van der Waals surface area (Å²) in [5.74, 6) is 1.96. The van der Waals surface area contributed by atoms with Crippen LogP contribution in [0.2, 0.25) is 0 Å². The van der Waals surface area contributed by atoms with Gasteiger partial charge in [-0.05, 0) is 144 Å². The van der Waals surface area contributed by atoms with Crippen LogP contribution in [0.25, 0.3) is 22.3 Å². The van der Waals surface area contributed by atoms with Crippen LogP contribution in [0.4, 0.5) is 0 Å². The highest BCUT2D eigenvalue weighted by Gasteiger charge is 2.37. The third-order valence-corrected chi connectivity index (χ3v) is 24.6. The van der Waals surface area contributed by atoms with Gasteiger partial charge < -0.3 is 33.9 Å². The number of carboxylic acid groups (broad SMARTS) is 1. The molecule has 0 radical (unpaired) electrons. The van der Waals surface area contributed by atoms with Crippen molar-refractivity contribution in [3.63, 3.8) is 0 Å². The van der Waals surface area contributed by atoms with Gasteiger partial charge in [0.25, 0.3) is 0 Å². The van der Waals surface area contributed by atoms with Crippen LogP contribution in [0.5, 0.6) is 23.0 Å². The van der Waals surface area contributed by atoms with E-state index < -0.39 is 5.97 Å². The Hall–Kier alpha value is -10.3. The van der Waals surface area contributed by atoms with Gasteiger partial charge in [-0.15, -0.1) is 0 Å². The maximum atomic E-state index is 12.7. The molecule has 123 heavy (non-hydrogen) atoms. The number of nitrogens with zero attached hydrogens (tertiary/aromatic N) is 4. The molecular formula is C111H142N6O6+2. The minimum absolute atomic E-state index is 0.194. The average Bonchev–Trinajstić information content (AvgIpc) is 1.59. The molecule has 0 amide bonds. The molecule has 0 saturated heterocycles. The van der Waals surface area contributed by atoms with Crippen LogP contribution < -0.4 is 28.9 Å². The van der Waals surface area contributed by atoms with Crippen molar-refractivity contribution in [2.24, 2.45) is 9.98 Å². The molecule has 0 spiro atoms. The van der Waals surface area contributed by atoms with Crippen molar-refractivity contribution in [3.8, 4) is 23.0 Å². The number of hydrogen-bond donors (Lipinski definition) is 3. The van der Waals surface area contributed by atoms with E-state index in [4.69, 9.17) is 28.9 Å². The van der Waals surface area contributed by atoms with Gasteiger partial charge in [-0.2, -0.15) is 0 Å². The Morgan fingerprint density at radius 1 is 0.309 bits per heavy atom. The summed E-state index contributed by atoms with van der Waals surface area (Å²) in [6, 6.07) is 39.4. The maximum Gasteiger partial charge on any atom is 0.335 e. The zero-order valence-electron chi connectivity index (χ0n) is 75.0. The number of aromatic carboxylic acids is 1. The minimum atomic E-state index is -0.993. The van der Waals surface area contributed by atoms with Gasteiger partial charge in [-0.1, -0.05) is 338 Å². The SMILES string of the molecule is CCCCCCCCCCCCOc1cccc(OCCCCCCCCCCCC)c1C1=C2C=CC(=N2)C(c2ccc(C(=O)O)cc2)=C2C=CC(=N2)C(c2c(OCCCCCCCCCCCC)cccc2OCCCCCCCCCCCC)=C2C=CC(=[NH+]2)C(c2ccc(CN3C=CC(=C4C=CN(Cc5ccccc5)C=C4)C=C3)cc2)=C2C=CC1=[NH+]2. The zero-order chi connectivity index (χ0) is 85.1. The predicted molar refractivity (Wildman–Crippen MR) is 514 cm³/mol. The Bertz CT molecular complexity index is 4570. The molecule has 0 aliphatic carbocycles. The van der Waals surface area contributed by atoms with Crippen molar-refractivity contribution in [1.82, 2.24) is 9.80 Å². The van der Waals surface area contributed by atoms with Crippen molar-refractivity contribution < 1.29 is 38.8 Å². The van der Waals surface area contributed by atoms with E-state index >= 15 is 0 Å². The zero-order valence-corrected chi connectivity index (χ0v) is 75.0. The Kier molecular flexibility index (Phi) is 38.6. The molecule has 12 rings (SSSR count). The third kappa shape index (κ3) is 28.3. The number of aliphatic imine (C=N–C) groups is 2. The van der Waals surface area contributed by atoms with Gasteiger partial charge in [0.15, 0.2) is 0 Å². The van der Waals surface area contributed by atoms with Gasteiger partial charge in [0, 0.05) is 67.8 Å². The highest BCUT2D eigenvalue weighted by atomic mass is 16.5. The molecule has 5 aromatic carbocycles. The van der Waals surface area contributed by atoms with Gasteiger partial charge in [0.1, 0.15) is 28.6 Å². The Morgan fingerprint density at radius 3 is 1.01 bits per heavy atom. The molecule has 3 N–H and O–H groups in total. The molecule has 0 aromatic heterocycles. The molecule has 12 nitrogen and oxygen atoms in total. The van der Waals surface area contributed by atoms with Crippen molar-refractivity contribution in [1.29, 1.82) is 0 Å². The molecule has 5 aromatic rings. The number of benzene rings is 5. The van der Waals surface area contributed by atoms with Crippen LogP contribution in [-0.4, -0.2) is 70.1 Å². The second-order valence-electron chi connectivity index (χ2n) is 34.5. The summed E-state index contributed by atoms with van der Waals surface area (Å²) < 4.78 is 28.5. The fourth-order valence-electron chi connectivity index (χ4n) is 17.5. The minimum Gasteiger partial charge on any atom is -0.493 e. The fourth-order valence-corrected chi connectivity index (χ4v) is 17.5. The van der Waals surface area contributed by atoms with Crippen LogP contribution in [0.1, 0.15) is 328 Å². The Balaban J connectivity index is 0.955. The summed E-state index contributed by atoms with van der Waals surface area (Å²) in [5.41, 5.74) is 18.2. The second-order valence-corrected chi connectivity index (χ2v) is 34.5. The molecular weight excluding hydrogens is 1510 g/mol. The van der Waals surface area contributed by atoms with E-state index in [2.05, 4.69) is 236 Å². The second kappa shape index (κ2) is 51.7. The molecule has 0 fully saturated rings. The van der Waals surface area contributed by atoms with Crippen molar-refractivity contribution in [3.05, 3.63) is 286 Å². The van der Waals surface area contributed by atoms with Crippen molar-refractivity contribution in [2.75, 3.05) is 26.4 Å². The molecule has 7 aliphatic rings. The lowest BCUT2D eigenvalue weighted by Crippen LogP contribution is -2.71. The average molecular weight is 1660 g/mol. The lowest BCUT2D eigenvalue weighted by atomic mass is 9.96. The van der Waals surface area contributed by atoms with Gasteiger partial charge >= 0.3 is 5.97 Å². The summed E-state index contributed by atoms with van der Waals surface area (Å²) in [7, 11) is 0. The molecule has 0 saturated carbocycles. The number of allylic oxidation sites excluding steroid dienone is 18. The molecule has 0 atom stereocenters. The smallest absolute Gasteiger partial charge is 0.335 e. The number of unbranched alkanes of at least 4 members (excludes halogenated alkanes) is 36. The first-order valence-electron chi connectivity index (χ1n) is 48.2. The third-order valence-electron chi connectivity index (χ3n) is 24.6. The van der Waals surface area contributed by atoms with E-state index in [1.54, 1.807) is 12.1 Å². The monoisotopic (exact) mass is 1660 g/mol. The van der Waals surface area contributed by atoms with Crippen LogP contribution in [0.3, 0.4) is 0 Å². The van der Waals surface area contributed by atoms with Gasteiger partial charge in [0.05, 0.1) is 77.1 Å². The highest BCUT2D eigenvalue weighted by molar-refractivity contribution is 6.38. The molecule has 0 unspecified atom stereocenters. The first-order chi connectivity index (χ1) is 60.8. The lowest BCUT2D eigenvalue weighted by Gasteiger charge is -2.22. The number of carbonyl (C=O) groups is 1. The Morgan fingerprint density at radius 2 is 0.626 bits per heavy atom. The van der Waals surface area contributed by atoms with Gasteiger partial charge in [-0.3, -0.25) is 0 Å². The maximum absolute atomic E-state index is 12.7. The van der Waals surface area contributed by atoms with E-state index in [1.165, 1.54) is 228 Å². The fraction of sp³-hybridized carbons (Fsp3) is 0.450. The summed E-state index contributed by atoms with van der Waals surface area (Å²) in [6.07, 6.45) is 84.0. The summed E-state index contributed by atoms with van der Waals surface area (Å²) >= 11 is 0. The van der Waals surface area contributed by atoms with Crippen LogP contribution in [0.15, 0.2) is 257 Å². The molecule has 7 aliphatic heterocycles. The number of fused-ring (bicyclic) bond motifs is 4. The molecule has 7 heterocycles. The van der Waals surface area contributed by atoms with E-state index in [-0.39, 0.29) is 5.56 Å². The molecule has 8 bridgehead atoms. The van der Waals surface area contributed by atoms with Gasteiger partial charge in [-0.25, -0.2) is 24.8 Å². The largest absolute Gasteiger partial charge is 0.493 e. The predicted octanol–water partition coefficient (Wildman–Crippen LogP) is 26.4. The van der Waals surface area contributed by atoms with Crippen LogP contribution in [0, 0.1) is 0 Å². The van der Waals surface area contributed by atoms with E-state index in [0.29, 0.717) is 44.4 Å². The van der Waals surface area contributed by atoms with E-state index in [0.717, 1.165) is 160 Å². The standard InChI is InChI=1S/C111H140N6O6/c1-5-9-13-17-21-25-29-33-37-44-80-120-101-52-48-53-102(121-81-45-38-34-30-26-22-18-14-10-6-2)109(101)107-97-68-64-93(112-97)105(90-58-56-87(57-59-90)85-117-78-74-89(75-79-117)88-72-76-116(77-73-88)84-86-50-42-41-43-51-86)94-65-69-98(113-94)108(100-71-67-96(115-100)106(95-66-70-99(107)114-95)91-60-62-92(63-61-91)111(118)119)110-103(122-82-46-39-35-31-27-23-19-15-11-7-3)54-49-55-104(110)123-83-47-40-36-32-28-24-20-16-12-8-4/h41-43,48-79H,5-40,44-47,80-85H2,1-4H3,(H,118,119)/p+2. The molecule has 12 heteroatoms. The summed E-state index contributed by atoms with van der Waals surface area (Å²) in [6.45, 7) is 12.9. The quantitative estimate of drug-likeness (QED) is 0.0328. The Labute approximate surface area is 738 Å². The van der Waals surface area contributed by atoms with Gasteiger partial charge in [0.2, 0.25) is 22.8 Å². The van der Waals surface area contributed by atoms with Crippen LogP contribution in [-0.2, 0) is 13.1 Å². The first-order valence-corrected chi connectivity index (χ1v) is 48.2. The topological polar surface area (TPSA) is 133 Å². The number of ether oxygens (including phenoxy) is 4. The van der Waals surface area contributed by atoms with Crippen LogP contribution >= 0.6 is 0 Å². The van der Waals surface area contributed by atoms with E-state index in [1.807, 2.05) is 12.1 Å². The first kappa shape index (κ1) is 91.9.